The fraction of sp³-hybridized carbons (Fsp3) is 0.833. The topological polar surface area (TPSA) is 86.7 Å². The molecule has 7 heteroatoms. The molecule has 0 amide bonds. The van der Waals surface area contributed by atoms with Gasteiger partial charge >= 0.3 is 0 Å². The second-order valence-corrected chi connectivity index (χ2v) is 4.32. The van der Waals surface area contributed by atoms with E-state index in [2.05, 4.69) is 15.5 Å². The molecule has 1 atom stereocenters. The lowest BCUT2D eigenvalue weighted by molar-refractivity contribution is 0.595. The molecule has 0 radical (unpaired) electrons. The van der Waals surface area contributed by atoms with Crippen LogP contribution in [0.4, 0.5) is 0 Å². The van der Waals surface area contributed by atoms with E-state index in [1.54, 1.807) is 4.68 Å². The Balaban J connectivity index is 2.49. The van der Waals surface area contributed by atoms with Crippen molar-refractivity contribution in [3.8, 4) is 0 Å². The molecule has 0 fully saturated rings. The number of aryl methyl sites for hydroxylation is 1. The fourth-order valence-corrected chi connectivity index (χ4v) is 1.54. The summed E-state index contributed by atoms with van der Waals surface area (Å²) in [7, 11) is -0.779. The van der Waals surface area contributed by atoms with Crippen LogP contribution in [0, 0.1) is 0 Å². The molecule has 1 heterocycles. The largest absolute Gasteiger partial charge is 0.324 e. The van der Waals surface area contributed by atoms with E-state index in [0.29, 0.717) is 30.4 Å². The first kappa shape index (κ1) is 10.3. The van der Waals surface area contributed by atoms with Crippen LogP contribution in [0.3, 0.4) is 0 Å². The zero-order valence-corrected chi connectivity index (χ0v) is 8.33. The predicted octanol–water partition coefficient (Wildman–Crippen LogP) is -1.10. The van der Waals surface area contributed by atoms with Crippen molar-refractivity contribution in [3.05, 3.63) is 5.82 Å². The Morgan fingerprint density at radius 2 is 2.38 bits per heavy atom. The van der Waals surface area contributed by atoms with Gasteiger partial charge in [-0.1, -0.05) is 6.92 Å². The maximum Gasteiger partial charge on any atom is 0.164 e. The molecule has 2 N–H and O–H groups in total. The number of nitrogens with two attached hydrogens (primary N) is 1. The van der Waals surface area contributed by atoms with Crippen molar-refractivity contribution in [1.82, 2.24) is 20.2 Å². The number of hydrogen-bond donors (Lipinski definition) is 1. The summed E-state index contributed by atoms with van der Waals surface area (Å²) < 4.78 is 12.7. The molecule has 1 rings (SSSR count). The van der Waals surface area contributed by atoms with E-state index >= 15 is 0 Å². The van der Waals surface area contributed by atoms with Crippen LogP contribution >= 0.6 is 0 Å². The van der Waals surface area contributed by atoms with E-state index in [9.17, 15) is 4.21 Å². The van der Waals surface area contributed by atoms with Crippen LogP contribution in [-0.4, -0.2) is 35.9 Å². The molecule has 0 aliphatic rings. The monoisotopic (exact) mass is 203 g/mol. The normalized spacial score (nSPS) is 13.1. The molecule has 0 saturated heterocycles. The van der Waals surface area contributed by atoms with Gasteiger partial charge in [-0.05, 0) is 10.4 Å². The highest BCUT2D eigenvalue weighted by Gasteiger charge is 2.04. The minimum absolute atomic E-state index is 0.311. The average Bonchev–Trinajstić information content (AvgIpc) is 2.61. The number of rotatable bonds is 5. The first-order valence-electron chi connectivity index (χ1n) is 4.08. The standard InChI is InChI=1S/C6H13N5OS/c1-2-13(12)4-3-11-6(5-7)8-9-10-11/h2-5,7H2,1H3. The number of hydrogen-bond acceptors (Lipinski definition) is 5. The minimum atomic E-state index is -0.779. The Morgan fingerprint density at radius 1 is 1.62 bits per heavy atom. The van der Waals surface area contributed by atoms with Crippen LogP contribution < -0.4 is 5.73 Å². The molecule has 74 valence electrons. The van der Waals surface area contributed by atoms with Gasteiger partial charge in [-0.3, -0.25) is 4.21 Å². The lowest BCUT2D eigenvalue weighted by Gasteiger charge is -2.01. The van der Waals surface area contributed by atoms with Crippen molar-refractivity contribution in [1.29, 1.82) is 0 Å². The van der Waals surface area contributed by atoms with Gasteiger partial charge in [-0.25, -0.2) is 4.68 Å². The van der Waals surface area contributed by atoms with Gasteiger partial charge in [0.15, 0.2) is 5.82 Å². The quantitative estimate of drug-likeness (QED) is 0.656. The van der Waals surface area contributed by atoms with Gasteiger partial charge < -0.3 is 5.73 Å². The van der Waals surface area contributed by atoms with E-state index < -0.39 is 10.8 Å². The van der Waals surface area contributed by atoms with Gasteiger partial charge in [0.25, 0.3) is 0 Å². The van der Waals surface area contributed by atoms with Crippen LogP contribution in [0.15, 0.2) is 0 Å². The summed E-state index contributed by atoms with van der Waals surface area (Å²) in [4.78, 5) is 0. The lowest BCUT2D eigenvalue weighted by atomic mass is 10.6. The van der Waals surface area contributed by atoms with Gasteiger partial charge in [0.1, 0.15) is 0 Å². The second-order valence-electron chi connectivity index (χ2n) is 2.46. The van der Waals surface area contributed by atoms with Crippen LogP contribution in [-0.2, 0) is 23.9 Å². The van der Waals surface area contributed by atoms with E-state index in [-0.39, 0.29) is 0 Å². The Labute approximate surface area is 79.0 Å². The van der Waals surface area contributed by atoms with Crippen LogP contribution in [0.5, 0.6) is 0 Å². The van der Waals surface area contributed by atoms with Crippen molar-refractivity contribution in [2.75, 3.05) is 11.5 Å². The summed E-state index contributed by atoms with van der Waals surface area (Å²) >= 11 is 0. The van der Waals surface area contributed by atoms with E-state index in [1.807, 2.05) is 6.92 Å². The summed E-state index contributed by atoms with van der Waals surface area (Å²) in [5.74, 6) is 1.88. The Morgan fingerprint density at radius 3 is 3.00 bits per heavy atom. The molecule has 0 bridgehead atoms. The lowest BCUT2D eigenvalue weighted by Crippen LogP contribution is -2.15. The number of nitrogens with zero attached hydrogens (tertiary/aromatic N) is 4. The maximum absolute atomic E-state index is 11.1. The highest BCUT2D eigenvalue weighted by atomic mass is 32.2. The summed E-state index contributed by atoms with van der Waals surface area (Å²) in [5, 5.41) is 10.9. The SMILES string of the molecule is CCS(=O)CCn1nnnc1CN. The Hall–Kier alpha value is -0.820. The number of tetrazole rings is 1. The summed E-state index contributed by atoms with van der Waals surface area (Å²) in [6.07, 6.45) is 0. The van der Waals surface area contributed by atoms with Crippen LogP contribution in [0.1, 0.15) is 12.7 Å². The molecule has 0 aliphatic heterocycles. The third-order valence-electron chi connectivity index (χ3n) is 1.64. The van der Waals surface area contributed by atoms with Gasteiger partial charge in [0, 0.05) is 22.3 Å². The molecule has 0 aromatic carbocycles. The predicted molar refractivity (Wildman–Crippen MR) is 49.3 cm³/mol. The van der Waals surface area contributed by atoms with Crippen LogP contribution in [0.25, 0.3) is 0 Å². The molecular weight excluding hydrogens is 190 g/mol. The molecule has 0 aliphatic carbocycles. The minimum Gasteiger partial charge on any atom is -0.324 e. The van der Waals surface area contributed by atoms with E-state index in [4.69, 9.17) is 5.73 Å². The van der Waals surface area contributed by atoms with Crippen molar-refractivity contribution < 1.29 is 4.21 Å². The maximum atomic E-state index is 11.1. The highest BCUT2D eigenvalue weighted by molar-refractivity contribution is 7.84. The fourth-order valence-electron chi connectivity index (χ4n) is 0.876. The molecule has 1 aromatic heterocycles. The zero-order chi connectivity index (χ0) is 9.68. The Kier molecular flexibility index (Phi) is 3.97. The van der Waals surface area contributed by atoms with Crippen molar-refractivity contribution in [3.63, 3.8) is 0 Å². The molecule has 1 aromatic rings. The molecule has 13 heavy (non-hydrogen) atoms. The first-order chi connectivity index (χ1) is 6.27. The van der Waals surface area contributed by atoms with Crippen LogP contribution in [0.2, 0.25) is 0 Å². The van der Waals surface area contributed by atoms with Crippen molar-refractivity contribution in [2.45, 2.75) is 20.0 Å². The zero-order valence-electron chi connectivity index (χ0n) is 7.51. The van der Waals surface area contributed by atoms with E-state index in [1.165, 1.54) is 0 Å². The Bertz CT molecular complexity index is 286. The van der Waals surface area contributed by atoms with E-state index in [0.717, 1.165) is 0 Å². The summed E-state index contributed by atoms with van der Waals surface area (Å²) in [6.45, 7) is 2.77. The third kappa shape index (κ3) is 2.85. The second kappa shape index (κ2) is 5.03. The highest BCUT2D eigenvalue weighted by Crippen LogP contribution is 1.91. The summed E-state index contributed by atoms with van der Waals surface area (Å²) in [5.41, 5.74) is 5.39. The van der Waals surface area contributed by atoms with Gasteiger partial charge in [-0.15, -0.1) is 5.10 Å². The third-order valence-corrected chi connectivity index (χ3v) is 2.92. The van der Waals surface area contributed by atoms with Gasteiger partial charge in [-0.2, -0.15) is 0 Å². The van der Waals surface area contributed by atoms with Gasteiger partial charge in [0.2, 0.25) is 0 Å². The van der Waals surface area contributed by atoms with Crippen molar-refractivity contribution in [2.24, 2.45) is 5.73 Å². The molecule has 6 nitrogen and oxygen atoms in total. The smallest absolute Gasteiger partial charge is 0.164 e. The average molecular weight is 203 g/mol. The summed E-state index contributed by atoms with van der Waals surface area (Å²) in [6, 6.07) is 0. The molecule has 0 spiro atoms. The molecular formula is C6H13N5OS. The molecule has 0 saturated carbocycles. The molecule has 1 unspecified atom stereocenters. The van der Waals surface area contributed by atoms with Crippen molar-refractivity contribution >= 4 is 10.8 Å². The first-order valence-corrected chi connectivity index (χ1v) is 5.56. The van der Waals surface area contributed by atoms with Gasteiger partial charge in [0.05, 0.1) is 13.1 Å². The number of aromatic nitrogens is 4.